The number of hydrogen-bond donors (Lipinski definition) is 1. The van der Waals surface area contributed by atoms with E-state index in [4.69, 9.17) is 11.6 Å². The van der Waals surface area contributed by atoms with E-state index in [9.17, 15) is 9.59 Å². The summed E-state index contributed by atoms with van der Waals surface area (Å²) < 4.78 is 1.94. The number of anilines is 3. The summed E-state index contributed by atoms with van der Waals surface area (Å²) in [5.41, 5.74) is 2.14. The number of para-hydroxylation sites is 3. The Balaban J connectivity index is 1.44. The zero-order valence-corrected chi connectivity index (χ0v) is 20.3. The number of rotatable bonds is 5. The molecule has 2 aliphatic heterocycles. The van der Waals surface area contributed by atoms with Crippen LogP contribution in [0.1, 0.15) is 26.2 Å². The number of carbonyl (C=O) groups is 2. The number of nitrogens with zero attached hydrogens (tertiary/aromatic N) is 5. The lowest BCUT2D eigenvalue weighted by Gasteiger charge is -2.27. The lowest BCUT2D eigenvalue weighted by molar-refractivity contribution is -0.117. The summed E-state index contributed by atoms with van der Waals surface area (Å²) in [4.78, 5) is 29.6. The van der Waals surface area contributed by atoms with Crippen LogP contribution in [0.3, 0.4) is 0 Å². The van der Waals surface area contributed by atoms with Crippen LogP contribution in [0.4, 0.5) is 17.3 Å². The summed E-state index contributed by atoms with van der Waals surface area (Å²) in [6.07, 6.45) is 2.45. The molecule has 34 heavy (non-hydrogen) atoms. The Bertz CT molecular complexity index is 1230. The highest BCUT2D eigenvalue weighted by molar-refractivity contribution is 7.99. The maximum absolute atomic E-state index is 13.5. The fourth-order valence-corrected chi connectivity index (χ4v) is 5.50. The molecule has 3 heterocycles. The number of benzene rings is 2. The van der Waals surface area contributed by atoms with Crippen molar-refractivity contribution in [1.29, 1.82) is 0 Å². The maximum Gasteiger partial charge on any atom is 0.237 e. The van der Waals surface area contributed by atoms with Crippen molar-refractivity contribution in [1.82, 2.24) is 14.8 Å². The van der Waals surface area contributed by atoms with Gasteiger partial charge in [-0.25, -0.2) is 0 Å². The molecule has 5 rings (SSSR count). The van der Waals surface area contributed by atoms with Crippen LogP contribution in [0.15, 0.2) is 53.7 Å². The number of amides is 2. The molecule has 0 saturated carbocycles. The summed E-state index contributed by atoms with van der Waals surface area (Å²) >= 11 is 7.86. The number of nitrogens with one attached hydrogen (secondary N) is 1. The first kappa shape index (κ1) is 22.7. The second kappa shape index (κ2) is 9.68. The van der Waals surface area contributed by atoms with Crippen LogP contribution in [0, 0.1) is 0 Å². The summed E-state index contributed by atoms with van der Waals surface area (Å²) in [5, 5.41) is 13.0. The van der Waals surface area contributed by atoms with Gasteiger partial charge in [-0.3, -0.25) is 14.2 Å². The van der Waals surface area contributed by atoms with Gasteiger partial charge in [0.2, 0.25) is 17.8 Å². The van der Waals surface area contributed by atoms with Gasteiger partial charge < -0.3 is 15.1 Å². The van der Waals surface area contributed by atoms with E-state index in [0.717, 1.165) is 37.6 Å². The maximum atomic E-state index is 13.5. The minimum absolute atomic E-state index is 0.0992. The van der Waals surface area contributed by atoms with Gasteiger partial charge in [-0.15, -0.1) is 10.2 Å². The highest BCUT2D eigenvalue weighted by Crippen LogP contribution is 2.34. The van der Waals surface area contributed by atoms with E-state index in [-0.39, 0.29) is 30.0 Å². The van der Waals surface area contributed by atoms with Gasteiger partial charge in [0.25, 0.3) is 0 Å². The predicted molar refractivity (Wildman–Crippen MR) is 135 cm³/mol. The average Bonchev–Trinajstić information content (AvgIpc) is 3.46. The molecule has 2 amide bonds. The Morgan fingerprint density at radius 2 is 1.79 bits per heavy atom. The van der Waals surface area contributed by atoms with Crippen molar-refractivity contribution in [3.05, 3.63) is 53.6 Å². The number of thioether (sulfide) groups is 1. The van der Waals surface area contributed by atoms with Crippen LogP contribution >= 0.6 is 23.4 Å². The van der Waals surface area contributed by atoms with Gasteiger partial charge in [-0.2, -0.15) is 0 Å². The Morgan fingerprint density at radius 3 is 2.56 bits per heavy atom. The second-order valence-electron chi connectivity index (χ2n) is 8.43. The average molecular weight is 497 g/mol. The Hall–Kier alpha value is -3.04. The molecule has 1 atom stereocenters. The third-order valence-electron chi connectivity index (χ3n) is 6.05. The summed E-state index contributed by atoms with van der Waals surface area (Å²) in [6, 6.07) is 14.7. The second-order valence-corrected chi connectivity index (χ2v) is 9.78. The monoisotopic (exact) mass is 496 g/mol. The molecule has 1 saturated heterocycles. The zero-order chi connectivity index (χ0) is 23.7. The van der Waals surface area contributed by atoms with Gasteiger partial charge in [-0.1, -0.05) is 47.6 Å². The van der Waals surface area contributed by atoms with Crippen LogP contribution in [-0.4, -0.2) is 51.5 Å². The largest absolute Gasteiger partial charge is 0.341 e. The summed E-state index contributed by atoms with van der Waals surface area (Å²) in [6.45, 7) is 3.71. The fourth-order valence-electron chi connectivity index (χ4n) is 4.49. The molecule has 0 unspecified atom stereocenters. The van der Waals surface area contributed by atoms with Gasteiger partial charge in [0.05, 0.1) is 27.8 Å². The predicted octanol–water partition coefficient (Wildman–Crippen LogP) is 4.38. The van der Waals surface area contributed by atoms with Crippen molar-refractivity contribution in [2.24, 2.45) is 0 Å². The molecule has 0 spiro atoms. The van der Waals surface area contributed by atoms with E-state index in [1.54, 1.807) is 4.90 Å². The SMILES string of the molecule is C[C@@H]1CC(=O)Nc2ccccc2N1C(=O)CSc1nnc(N2CCCC2)n1-c1ccccc1Cl. The van der Waals surface area contributed by atoms with E-state index < -0.39 is 0 Å². The third kappa shape index (κ3) is 4.37. The molecule has 1 fully saturated rings. The molecule has 1 N–H and O–H groups in total. The third-order valence-corrected chi connectivity index (χ3v) is 7.28. The topological polar surface area (TPSA) is 83.4 Å². The molecule has 0 radical (unpaired) electrons. The van der Waals surface area contributed by atoms with Gasteiger partial charge in [0, 0.05) is 25.6 Å². The lowest BCUT2D eigenvalue weighted by atomic mass is 10.2. The van der Waals surface area contributed by atoms with Crippen LogP contribution in [-0.2, 0) is 9.59 Å². The highest BCUT2D eigenvalue weighted by Gasteiger charge is 2.30. The quantitative estimate of drug-likeness (QED) is 0.528. The van der Waals surface area contributed by atoms with Crippen molar-refractivity contribution in [2.45, 2.75) is 37.4 Å². The standard InChI is InChI=1S/C24H25ClN6O2S/c1-16-14-21(32)26-18-9-3-5-11-20(18)30(16)22(33)15-34-24-28-27-23(29-12-6-7-13-29)31(24)19-10-4-2-8-17(19)25/h2-5,8-11,16H,6-7,12-15H2,1H3,(H,26,32)/t16-/m1/s1. The molecule has 0 bridgehead atoms. The summed E-state index contributed by atoms with van der Waals surface area (Å²) in [5.74, 6) is 0.688. The first-order chi connectivity index (χ1) is 16.5. The van der Waals surface area contributed by atoms with Gasteiger partial charge in [0.1, 0.15) is 0 Å². The molecular formula is C24H25ClN6O2S. The number of hydrogen-bond acceptors (Lipinski definition) is 6. The molecule has 1 aromatic heterocycles. The van der Waals surface area contributed by atoms with Gasteiger partial charge >= 0.3 is 0 Å². The Labute approximate surface area is 207 Å². The normalized spacial score (nSPS) is 17.9. The molecule has 10 heteroatoms. The first-order valence-corrected chi connectivity index (χ1v) is 12.7. The van der Waals surface area contributed by atoms with E-state index in [2.05, 4.69) is 20.4 Å². The van der Waals surface area contributed by atoms with Crippen molar-refractivity contribution in [2.75, 3.05) is 34.0 Å². The number of carbonyl (C=O) groups excluding carboxylic acids is 2. The number of halogens is 1. The van der Waals surface area contributed by atoms with Crippen LogP contribution in [0.5, 0.6) is 0 Å². The molecule has 0 aliphatic carbocycles. The minimum atomic E-state index is -0.265. The first-order valence-electron chi connectivity index (χ1n) is 11.3. The zero-order valence-electron chi connectivity index (χ0n) is 18.8. The minimum Gasteiger partial charge on any atom is -0.341 e. The Morgan fingerprint density at radius 1 is 1.09 bits per heavy atom. The lowest BCUT2D eigenvalue weighted by Crippen LogP contribution is -2.40. The molecule has 8 nitrogen and oxygen atoms in total. The molecule has 3 aromatic rings. The van der Waals surface area contributed by atoms with Crippen molar-refractivity contribution < 1.29 is 9.59 Å². The molecular weight excluding hydrogens is 472 g/mol. The van der Waals surface area contributed by atoms with Crippen LogP contribution in [0.2, 0.25) is 5.02 Å². The number of aromatic nitrogens is 3. The van der Waals surface area contributed by atoms with Crippen molar-refractivity contribution >= 4 is 52.5 Å². The van der Waals surface area contributed by atoms with Crippen LogP contribution < -0.4 is 15.1 Å². The highest BCUT2D eigenvalue weighted by atomic mass is 35.5. The Kier molecular flexibility index (Phi) is 6.47. The van der Waals surface area contributed by atoms with E-state index >= 15 is 0 Å². The van der Waals surface area contributed by atoms with E-state index in [1.807, 2.05) is 60.0 Å². The van der Waals surface area contributed by atoms with Crippen molar-refractivity contribution in [3.63, 3.8) is 0 Å². The molecule has 2 aromatic carbocycles. The summed E-state index contributed by atoms with van der Waals surface area (Å²) in [7, 11) is 0. The van der Waals surface area contributed by atoms with E-state index in [0.29, 0.717) is 21.6 Å². The van der Waals surface area contributed by atoms with Crippen LogP contribution in [0.25, 0.3) is 5.69 Å². The number of fused-ring (bicyclic) bond motifs is 1. The van der Waals surface area contributed by atoms with E-state index in [1.165, 1.54) is 11.8 Å². The molecule has 176 valence electrons. The van der Waals surface area contributed by atoms with Crippen molar-refractivity contribution in [3.8, 4) is 5.69 Å². The smallest absolute Gasteiger partial charge is 0.237 e. The molecule has 2 aliphatic rings. The van der Waals surface area contributed by atoms with Gasteiger partial charge in [0.15, 0.2) is 5.16 Å². The van der Waals surface area contributed by atoms with Gasteiger partial charge in [-0.05, 0) is 44.0 Å². The fraction of sp³-hybridized carbons (Fsp3) is 0.333.